The van der Waals surface area contributed by atoms with Crippen LogP contribution >= 0.6 is 24.0 Å². The average Bonchev–Trinajstić information content (AvgIpc) is 2.26. The predicted octanol–water partition coefficient (Wildman–Crippen LogP) is 4.32. The summed E-state index contributed by atoms with van der Waals surface area (Å²) in [5.74, 6) is 0. The lowest BCUT2D eigenvalue weighted by atomic mass is 10.2. The average molecular weight is 247 g/mol. The standard InChI is InChI=1S/C12H25NS2/c1-4-6-8-10-13(12(14)15-3)11-9-7-5-2/h4-11H2,1-3H3. The molecule has 3 heteroatoms. The van der Waals surface area contributed by atoms with E-state index < -0.39 is 0 Å². The summed E-state index contributed by atoms with van der Waals surface area (Å²) in [6.07, 6.45) is 9.85. The van der Waals surface area contributed by atoms with Crippen molar-refractivity contribution < 1.29 is 0 Å². The molecule has 90 valence electrons. The quantitative estimate of drug-likeness (QED) is 0.464. The van der Waals surface area contributed by atoms with Gasteiger partial charge in [-0.15, -0.1) is 11.8 Å². The molecule has 0 aromatic heterocycles. The van der Waals surface area contributed by atoms with Gasteiger partial charge in [0.15, 0.2) is 0 Å². The first-order valence-electron chi connectivity index (χ1n) is 6.09. The van der Waals surface area contributed by atoms with Gasteiger partial charge in [0.25, 0.3) is 0 Å². The molecule has 0 bridgehead atoms. The molecule has 0 radical (unpaired) electrons. The van der Waals surface area contributed by atoms with Crippen LogP contribution in [0, 0.1) is 0 Å². The molecule has 1 nitrogen and oxygen atoms in total. The Kier molecular flexibility index (Phi) is 10.9. The van der Waals surface area contributed by atoms with Crippen molar-refractivity contribution >= 4 is 28.3 Å². The molecule has 15 heavy (non-hydrogen) atoms. The van der Waals surface area contributed by atoms with Crippen molar-refractivity contribution in [3.63, 3.8) is 0 Å². The summed E-state index contributed by atoms with van der Waals surface area (Å²) >= 11 is 7.07. The fourth-order valence-corrected chi connectivity index (χ4v) is 2.15. The minimum atomic E-state index is 1.07. The molecule has 0 unspecified atom stereocenters. The lowest BCUT2D eigenvalue weighted by Crippen LogP contribution is -2.29. The van der Waals surface area contributed by atoms with Crippen molar-refractivity contribution in [2.75, 3.05) is 19.3 Å². The number of hydrogen-bond acceptors (Lipinski definition) is 2. The van der Waals surface area contributed by atoms with Gasteiger partial charge in [-0.05, 0) is 19.1 Å². The van der Waals surface area contributed by atoms with Gasteiger partial charge >= 0.3 is 0 Å². The molecular weight excluding hydrogens is 222 g/mol. The van der Waals surface area contributed by atoms with Crippen LogP contribution in [0.1, 0.15) is 52.4 Å². The fraction of sp³-hybridized carbons (Fsp3) is 0.917. The summed E-state index contributed by atoms with van der Waals surface area (Å²) in [5.41, 5.74) is 0. The van der Waals surface area contributed by atoms with Crippen LogP contribution in [0.5, 0.6) is 0 Å². The Morgan fingerprint density at radius 3 is 1.80 bits per heavy atom. The summed E-state index contributed by atoms with van der Waals surface area (Å²) in [4.78, 5) is 2.38. The topological polar surface area (TPSA) is 3.24 Å². The summed E-state index contributed by atoms with van der Waals surface area (Å²) in [5, 5.41) is 0. The van der Waals surface area contributed by atoms with Gasteiger partial charge in [-0.2, -0.15) is 0 Å². The molecule has 0 spiro atoms. The lowest BCUT2D eigenvalue weighted by Gasteiger charge is -2.24. The summed E-state index contributed by atoms with van der Waals surface area (Å²) in [7, 11) is 0. The van der Waals surface area contributed by atoms with Gasteiger partial charge in [-0.1, -0.05) is 51.7 Å². The van der Waals surface area contributed by atoms with Gasteiger partial charge in [-0.25, -0.2) is 0 Å². The Bertz CT molecular complexity index is 150. The van der Waals surface area contributed by atoms with E-state index in [0.29, 0.717) is 0 Å². The van der Waals surface area contributed by atoms with Crippen molar-refractivity contribution in [3.05, 3.63) is 0 Å². The van der Waals surface area contributed by atoms with Gasteiger partial charge in [0.05, 0.1) is 0 Å². The monoisotopic (exact) mass is 247 g/mol. The second-order valence-electron chi connectivity index (χ2n) is 3.87. The van der Waals surface area contributed by atoms with Crippen LogP contribution in [-0.4, -0.2) is 28.6 Å². The van der Waals surface area contributed by atoms with Crippen LogP contribution in [-0.2, 0) is 0 Å². The molecule has 0 saturated heterocycles. The molecule has 0 aliphatic rings. The van der Waals surface area contributed by atoms with E-state index in [0.717, 1.165) is 17.4 Å². The van der Waals surface area contributed by atoms with Crippen molar-refractivity contribution in [2.24, 2.45) is 0 Å². The van der Waals surface area contributed by atoms with E-state index in [2.05, 4.69) is 25.0 Å². The van der Waals surface area contributed by atoms with E-state index in [9.17, 15) is 0 Å². The van der Waals surface area contributed by atoms with Crippen LogP contribution < -0.4 is 0 Å². The van der Waals surface area contributed by atoms with E-state index >= 15 is 0 Å². The molecule has 0 atom stereocenters. The zero-order valence-corrected chi connectivity index (χ0v) is 12.1. The molecule has 0 heterocycles. The molecule has 0 aromatic rings. The van der Waals surface area contributed by atoms with E-state index in [-0.39, 0.29) is 0 Å². The third-order valence-corrected chi connectivity index (χ3v) is 3.86. The summed E-state index contributed by atoms with van der Waals surface area (Å²) < 4.78 is 1.07. The Morgan fingerprint density at radius 2 is 1.47 bits per heavy atom. The molecule has 0 aliphatic carbocycles. The SMILES string of the molecule is CCCCCN(CCCCC)C(=S)SC. The minimum absolute atomic E-state index is 1.07. The first kappa shape index (κ1) is 15.2. The maximum Gasteiger partial charge on any atom is 0.136 e. The Morgan fingerprint density at radius 1 is 1.00 bits per heavy atom. The van der Waals surface area contributed by atoms with E-state index in [1.807, 2.05) is 0 Å². The number of nitrogens with zero attached hydrogens (tertiary/aromatic N) is 1. The van der Waals surface area contributed by atoms with E-state index in [4.69, 9.17) is 12.2 Å². The van der Waals surface area contributed by atoms with E-state index in [1.165, 1.54) is 38.5 Å². The second-order valence-corrected chi connectivity index (χ2v) is 5.31. The Labute approximate surface area is 105 Å². The van der Waals surface area contributed by atoms with Crippen molar-refractivity contribution in [3.8, 4) is 0 Å². The van der Waals surface area contributed by atoms with Crippen LogP contribution in [0.15, 0.2) is 0 Å². The fourth-order valence-electron chi connectivity index (χ4n) is 1.53. The molecule has 0 aromatic carbocycles. The maximum atomic E-state index is 5.36. The van der Waals surface area contributed by atoms with Gasteiger partial charge in [-0.3, -0.25) is 0 Å². The van der Waals surface area contributed by atoms with Crippen molar-refractivity contribution in [1.82, 2.24) is 4.90 Å². The Balaban J connectivity index is 3.79. The second kappa shape index (κ2) is 10.7. The molecule has 0 saturated carbocycles. The molecule has 0 N–H and O–H groups in total. The largest absolute Gasteiger partial charge is 0.358 e. The molecular formula is C12H25NS2. The van der Waals surface area contributed by atoms with Crippen molar-refractivity contribution in [2.45, 2.75) is 52.4 Å². The lowest BCUT2D eigenvalue weighted by molar-refractivity contribution is 0.402. The van der Waals surface area contributed by atoms with Gasteiger partial charge < -0.3 is 4.90 Å². The number of unbranched alkanes of at least 4 members (excludes halogenated alkanes) is 4. The maximum absolute atomic E-state index is 5.36. The van der Waals surface area contributed by atoms with Gasteiger partial charge in [0.2, 0.25) is 0 Å². The summed E-state index contributed by atoms with van der Waals surface area (Å²) in [6.45, 7) is 6.79. The van der Waals surface area contributed by atoms with Crippen LogP contribution in [0.4, 0.5) is 0 Å². The first-order valence-corrected chi connectivity index (χ1v) is 7.72. The van der Waals surface area contributed by atoms with Crippen LogP contribution in [0.25, 0.3) is 0 Å². The summed E-state index contributed by atoms with van der Waals surface area (Å²) in [6, 6.07) is 0. The van der Waals surface area contributed by atoms with Crippen LogP contribution in [0.2, 0.25) is 0 Å². The molecule has 0 aliphatic heterocycles. The smallest absolute Gasteiger partial charge is 0.136 e. The van der Waals surface area contributed by atoms with Crippen LogP contribution in [0.3, 0.4) is 0 Å². The number of rotatable bonds is 8. The highest BCUT2D eigenvalue weighted by Gasteiger charge is 2.07. The zero-order valence-electron chi connectivity index (χ0n) is 10.4. The number of thioether (sulfide) groups is 1. The first-order chi connectivity index (χ1) is 7.26. The highest BCUT2D eigenvalue weighted by Crippen LogP contribution is 2.09. The van der Waals surface area contributed by atoms with Gasteiger partial charge in [0, 0.05) is 13.1 Å². The number of hydrogen-bond donors (Lipinski definition) is 0. The predicted molar refractivity (Wildman–Crippen MR) is 76.7 cm³/mol. The normalized spacial score (nSPS) is 10.3. The zero-order chi connectivity index (χ0) is 11.5. The third-order valence-electron chi connectivity index (χ3n) is 2.50. The highest BCUT2D eigenvalue weighted by molar-refractivity contribution is 8.22. The molecule has 0 rings (SSSR count). The third kappa shape index (κ3) is 8.09. The number of thiocarbonyl (C=S) groups is 1. The van der Waals surface area contributed by atoms with Crippen molar-refractivity contribution in [1.29, 1.82) is 0 Å². The van der Waals surface area contributed by atoms with Gasteiger partial charge in [0.1, 0.15) is 4.32 Å². The molecule has 0 amide bonds. The van der Waals surface area contributed by atoms with E-state index in [1.54, 1.807) is 11.8 Å². The Hall–Kier alpha value is 0.240. The molecule has 0 fully saturated rings. The highest BCUT2D eigenvalue weighted by atomic mass is 32.2. The minimum Gasteiger partial charge on any atom is -0.358 e.